The van der Waals surface area contributed by atoms with Gasteiger partial charge in [-0.3, -0.25) is 9.59 Å². The summed E-state index contributed by atoms with van der Waals surface area (Å²) >= 11 is 13.5. The number of anilines is 1. The van der Waals surface area contributed by atoms with Gasteiger partial charge in [0.05, 0.1) is 26.9 Å². The van der Waals surface area contributed by atoms with Gasteiger partial charge in [0.15, 0.2) is 0 Å². The Bertz CT molecular complexity index is 728. The molecule has 2 amide bonds. The first-order valence-corrected chi connectivity index (χ1v) is 8.80. The van der Waals surface area contributed by atoms with Crippen molar-refractivity contribution in [3.63, 3.8) is 0 Å². The number of nitrogens with one attached hydrogen (secondary N) is 1. The molecular formula is C16H15Cl2N3O2S. The van der Waals surface area contributed by atoms with E-state index >= 15 is 0 Å². The Kier molecular flexibility index (Phi) is 6.78. The average molecular weight is 384 g/mol. The van der Waals surface area contributed by atoms with Crippen LogP contribution in [0.2, 0.25) is 10.0 Å². The van der Waals surface area contributed by atoms with Crippen LogP contribution in [0.4, 0.5) is 5.69 Å². The molecule has 0 atom stereocenters. The van der Waals surface area contributed by atoms with E-state index < -0.39 is 0 Å². The Morgan fingerprint density at radius 1 is 1.33 bits per heavy atom. The lowest BCUT2D eigenvalue weighted by molar-refractivity contribution is -0.130. The molecule has 0 spiro atoms. The molecule has 0 aliphatic carbocycles. The third kappa shape index (κ3) is 5.06. The van der Waals surface area contributed by atoms with E-state index in [9.17, 15) is 9.59 Å². The van der Waals surface area contributed by atoms with Gasteiger partial charge in [-0.25, -0.2) is 4.98 Å². The molecule has 1 aromatic heterocycles. The van der Waals surface area contributed by atoms with Crippen LogP contribution in [0.1, 0.15) is 12.6 Å². The van der Waals surface area contributed by atoms with Gasteiger partial charge in [0.25, 0.3) is 0 Å². The number of hydrogen-bond acceptors (Lipinski definition) is 4. The lowest BCUT2D eigenvalue weighted by atomic mass is 10.3. The molecule has 2 aromatic rings. The minimum atomic E-state index is -0.373. The van der Waals surface area contributed by atoms with Crippen LogP contribution in [-0.2, 0) is 9.59 Å². The molecule has 0 aliphatic heterocycles. The number of hydrogen-bond donors (Lipinski definition) is 1. The summed E-state index contributed by atoms with van der Waals surface area (Å²) in [6.45, 7) is 2.09. The summed E-state index contributed by atoms with van der Waals surface area (Å²) in [5.41, 5.74) is 2.73. The van der Waals surface area contributed by atoms with Crippen molar-refractivity contribution in [2.75, 3.05) is 18.4 Å². The second-order valence-corrected chi connectivity index (χ2v) is 6.28. The van der Waals surface area contributed by atoms with Gasteiger partial charge in [0.1, 0.15) is 6.54 Å². The van der Waals surface area contributed by atoms with Crippen molar-refractivity contribution < 1.29 is 9.59 Å². The van der Waals surface area contributed by atoms with Gasteiger partial charge >= 0.3 is 0 Å². The average Bonchev–Trinajstić information content (AvgIpc) is 3.07. The largest absolute Gasteiger partial charge is 0.330 e. The summed E-state index contributed by atoms with van der Waals surface area (Å²) in [7, 11) is 0. The molecule has 2 rings (SSSR count). The number of nitrogens with zero attached hydrogens (tertiary/aromatic N) is 2. The maximum atomic E-state index is 12.2. The van der Waals surface area contributed by atoms with Crippen molar-refractivity contribution in [2.24, 2.45) is 0 Å². The minimum Gasteiger partial charge on any atom is -0.330 e. The molecule has 0 aliphatic rings. The summed E-state index contributed by atoms with van der Waals surface area (Å²) in [6.07, 6.45) is 3.01. The fraction of sp³-hybridized carbons (Fsp3) is 0.188. The summed E-state index contributed by atoms with van der Waals surface area (Å²) in [5.74, 6) is -0.645. The molecule has 5 nitrogen and oxygen atoms in total. The van der Waals surface area contributed by atoms with E-state index in [1.807, 2.05) is 5.38 Å². The van der Waals surface area contributed by atoms with E-state index in [1.165, 1.54) is 22.3 Å². The van der Waals surface area contributed by atoms with Crippen LogP contribution in [0.25, 0.3) is 6.08 Å². The van der Waals surface area contributed by atoms with Crippen molar-refractivity contribution in [1.82, 2.24) is 9.88 Å². The lowest BCUT2D eigenvalue weighted by Gasteiger charge is -2.19. The van der Waals surface area contributed by atoms with E-state index in [0.29, 0.717) is 28.0 Å². The summed E-state index contributed by atoms with van der Waals surface area (Å²) in [4.78, 5) is 29.8. The molecule has 0 saturated carbocycles. The van der Waals surface area contributed by atoms with E-state index in [2.05, 4.69) is 10.3 Å². The molecule has 0 unspecified atom stereocenters. The minimum absolute atomic E-state index is 0.0989. The van der Waals surface area contributed by atoms with Crippen LogP contribution >= 0.6 is 34.5 Å². The molecule has 0 radical (unpaired) electrons. The van der Waals surface area contributed by atoms with Crippen molar-refractivity contribution in [3.05, 3.63) is 50.9 Å². The first-order chi connectivity index (χ1) is 11.5. The predicted octanol–water partition coefficient (Wildman–Crippen LogP) is 3.95. The van der Waals surface area contributed by atoms with Crippen LogP contribution in [-0.4, -0.2) is 34.8 Å². The first-order valence-electron chi connectivity index (χ1n) is 7.10. The number of rotatable bonds is 6. The monoisotopic (exact) mass is 383 g/mol. The van der Waals surface area contributed by atoms with E-state index in [4.69, 9.17) is 23.2 Å². The Morgan fingerprint density at radius 3 is 2.62 bits per heavy atom. The number of likely N-dealkylation sites (N-methyl/N-ethyl adjacent to an activating group) is 1. The van der Waals surface area contributed by atoms with Gasteiger partial charge < -0.3 is 10.2 Å². The molecule has 0 saturated heterocycles. The maximum Gasteiger partial charge on any atom is 0.247 e. The second-order valence-electron chi connectivity index (χ2n) is 4.74. The first kappa shape index (κ1) is 18.4. The zero-order valence-electron chi connectivity index (χ0n) is 12.8. The number of carbonyl (C=O) groups excluding carboxylic acids is 2. The van der Waals surface area contributed by atoms with Crippen molar-refractivity contribution in [3.8, 4) is 0 Å². The van der Waals surface area contributed by atoms with Crippen LogP contribution in [0.5, 0.6) is 0 Å². The number of halogens is 2. The number of aromatic nitrogens is 1. The zero-order chi connectivity index (χ0) is 17.5. The molecule has 1 heterocycles. The normalized spacial score (nSPS) is 10.8. The smallest absolute Gasteiger partial charge is 0.247 e. The summed E-state index contributed by atoms with van der Waals surface area (Å²) in [6, 6.07) is 4.94. The Morgan fingerprint density at radius 2 is 2.04 bits per heavy atom. The second kappa shape index (κ2) is 8.82. The fourth-order valence-corrected chi connectivity index (χ4v) is 2.90. The maximum absolute atomic E-state index is 12.2. The SMILES string of the molecule is CCN(CC(=O)Nc1c(Cl)cccc1Cl)C(=O)/C=C/c1cscn1. The number of thiazole rings is 1. The third-order valence-electron chi connectivity index (χ3n) is 3.10. The van der Waals surface area contributed by atoms with Crippen LogP contribution in [0, 0.1) is 0 Å². The van der Waals surface area contributed by atoms with Crippen LogP contribution < -0.4 is 5.32 Å². The van der Waals surface area contributed by atoms with Gasteiger partial charge in [-0.2, -0.15) is 0 Å². The Labute approximate surface area is 153 Å². The Hall–Kier alpha value is -1.89. The number of amides is 2. The number of benzene rings is 1. The van der Waals surface area contributed by atoms with Gasteiger partial charge in [0, 0.05) is 18.0 Å². The van der Waals surface area contributed by atoms with Crippen LogP contribution in [0.3, 0.4) is 0 Å². The molecule has 126 valence electrons. The Balaban J connectivity index is 1.99. The van der Waals surface area contributed by atoms with Crippen molar-refractivity contribution in [1.29, 1.82) is 0 Å². The standard InChI is InChI=1S/C16H15Cl2N3O2S/c1-2-21(15(23)7-6-11-9-24-10-19-11)8-14(22)20-16-12(17)4-3-5-13(16)18/h3-7,9-10H,2,8H2,1H3,(H,20,22)/b7-6+. The third-order valence-corrected chi connectivity index (χ3v) is 4.34. The van der Waals surface area contributed by atoms with Gasteiger partial charge in [-0.15, -0.1) is 11.3 Å². The van der Waals surface area contributed by atoms with E-state index in [1.54, 1.807) is 36.7 Å². The topological polar surface area (TPSA) is 62.3 Å². The number of para-hydroxylation sites is 1. The highest BCUT2D eigenvalue weighted by molar-refractivity contribution is 7.07. The van der Waals surface area contributed by atoms with Gasteiger partial charge in [-0.1, -0.05) is 29.3 Å². The lowest BCUT2D eigenvalue weighted by Crippen LogP contribution is -2.37. The quantitative estimate of drug-likeness (QED) is 0.768. The predicted molar refractivity (Wildman–Crippen MR) is 98.5 cm³/mol. The number of carbonyl (C=O) groups is 2. The highest BCUT2D eigenvalue weighted by Crippen LogP contribution is 2.29. The fourth-order valence-electron chi connectivity index (χ4n) is 1.88. The molecule has 8 heteroatoms. The highest BCUT2D eigenvalue weighted by atomic mass is 35.5. The van der Waals surface area contributed by atoms with Gasteiger partial charge in [-0.05, 0) is 25.1 Å². The highest BCUT2D eigenvalue weighted by Gasteiger charge is 2.15. The van der Waals surface area contributed by atoms with Crippen molar-refractivity contribution >= 4 is 58.1 Å². The molecule has 1 aromatic carbocycles. The molecule has 1 N–H and O–H groups in total. The van der Waals surface area contributed by atoms with Gasteiger partial charge in [0.2, 0.25) is 11.8 Å². The van der Waals surface area contributed by atoms with Crippen molar-refractivity contribution in [2.45, 2.75) is 6.92 Å². The van der Waals surface area contributed by atoms with E-state index in [-0.39, 0.29) is 18.4 Å². The zero-order valence-corrected chi connectivity index (χ0v) is 15.2. The van der Waals surface area contributed by atoms with Crippen LogP contribution in [0.15, 0.2) is 35.2 Å². The molecule has 0 fully saturated rings. The summed E-state index contributed by atoms with van der Waals surface area (Å²) in [5, 5.41) is 5.14. The summed E-state index contributed by atoms with van der Waals surface area (Å²) < 4.78 is 0. The molecule has 0 bridgehead atoms. The van der Waals surface area contributed by atoms with E-state index in [0.717, 1.165) is 0 Å². The molecule has 24 heavy (non-hydrogen) atoms. The molecular weight excluding hydrogens is 369 g/mol.